The number of aryl methyl sites for hydroxylation is 1. The van der Waals surface area contributed by atoms with Crippen LogP contribution in [0.5, 0.6) is 5.75 Å². The molecule has 0 N–H and O–H groups in total. The number of aromatic nitrogens is 2. The Morgan fingerprint density at radius 2 is 1.63 bits per heavy atom. The molecule has 5 rings (SSSR count). The van der Waals surface area contributed by atoms with Gasteiger partial charge in [0.2, 0.25) is 10.0 Å². The Morgan fingerprint density at radius 3 is 2.26 bits per heavy atom. The number of methoxy groups -OCH3 is 1. The minimum absolute atomic E-state index is 0.429. The highest BCUT2D eigenvalue weighted by Crippen LogP contribution is 2.37. The zero-order chi connectivity index (χ0) is 24.6. The lowest BCUT2D eigenvalue weighted by atomic mass is 9.97. The lowest BCUT2D eigenvalue weighted by Gasteiger charge is -2.21. The zero-order valence-electron chi connectivity index (χ0n) is 19.8. The maximum Gasteiger partial charge on any atom is 0.247 e. The lowest BCUT2D eigenvalue weighted by Crippen LogP contribution is -2.25. The fourth-order valence-electron chi connectivity index (χ4n) is 4.25. The van der Waals surface area contributed by atoms with E-state index in [2.05, 4.69) is 5.10 Å². The van der Waals surface area contributed by atoms with E-state index in [1.165, 1.54) is 10.7 Å². The van der Waals surface area contributed by atoms with Gasteiger partial charge in [0.1, 0.15) is 11.4 Å². The van der Waals surface area contributed by atoms with Crippen molar-refractivity contribution in [2.24, 2.45) is 5.10 Å². The van der Waals surface area contributed by atoms with Crippen molar-refractivity contribution in [3.8, 4) is 22.7 Å². The molecule has 4 aromatic rings. The van der Waals surface area contributed by atoms with Gasteiger partial charge in [0.15, 0.2) is 0 Å². The van der Waals surface area contributed by atoms with E-state index >= 15 is 0 Å². The number of para-hydroxylation sites is 1. The highest BCUT2D eigenvalue weighted by atomic mass is 32.2. The predicted octanol–water partition coefficient (Wildman–Crippen LogP) is 4.97. The van der Waals surface area contributed by atoms with Gasteiger partial charge in [-0.3, -0.25) is 0 Å². The minimum Gasteiger partial charge on any atom is -0.497 e. The fraction of sp³-hybridized carbons (Fsp3) is 0.185. The molecule has 7 nitrogen and oxygen atoms in total. The van der Waals surface area contributed by atoms with Crippen LogP contribution < -0.4 is 4.74 Å². The molecule has 2 heterocycles. The van der Waals surface area contributed by atoms with Gasteiger partial charge < -0.3 is 4.74 Å². The van der Waals surface area contributed by atoms with Crippen LogP contribution >= 0.6 is 0 Å². The first-order valence-electron chi connectivity index (χ1n) is 11.3. The summed E-state index contributed by atoms with van der Waals surface area (Å²) < 4.78 is 33.7. The normalized spacial score (nSPS) is 15.8. The van der Waals surface area contributed by atoms with Crippen molar-refractivity contribution in [1.82, 2.24) is 14.2 Å². The smallest absolute Gasteiger partial charge is 0.247 e. The summed E-state index contributed by atoms with van der Waals surface area (Å²) in [5, 5.41) is 9.50. The van der Waals surface area contributed by atoms with Crippen LogP contribution in [0, 0.1) is 6.92 Å². The van der Waals surface area contributed by atoms with Gasteiger partial charge in [-0.15, -0.1) is 0 Å². The zero-order valence-corrected chi connectivity index (χ0v) is 20.6. The largest absolute Gasteiger partial charge is 0.497 e. The number of ether oxygens (including phenoxy) is 1. The predicted molar refractivity (Wildman–Crippen MR) is 137 cm³/mol. The van der Waals surface area contributed by atoms with Crippen molar-refractivity contribution in [3.05, 3.63) is 102 Å². The van der Waals surface area contributed by atoms with Crippen molar-refractivity contribution in [2.75, 3.05) is 13.4 Å². The average Bonchev–Trinajstić information content (AvgIpc) is 3.50. The van der Waals surface area contributed by atoms with Gasteiger partial charge in [0.25, 0.3) is 0 Å². The van der Waals surface area contributed by atoms with Crippen LogP contribution in [0.1, 0.15) is 29.2 Å². The Labute approximate surface area is 205 Å². The molecule has 1 aromatic heterocycles. The molecule has 0 bridgehead atoms. The standard InChI is InChI=1S/C27H26N4O3S/c1-19-9-11-21(12-10-19)27-24(18-30(29-27)22-7-5-4-6-8-22)25-17-26(31(28-25)35(3,32)33)20-13-15-23(34-2)16-14-20/h4-16,18,26H,17H2,1-3H3. The van der Waals surface area contributed by atoms with E-state index in [0.29, 0.717) is 17.9 Å². The Morgan fingerprint density at radius 1 is 0.943 bits per heavy atom. The third-order valence-corrected chi connectivity index (χ3v) is 7.10. The number of hydrazone groups is 1. The molecule has 0 radical (unpaired) electrons. The number of benzene rings is 3. The van der Waals surface area contributed by atoms with Gasteiger partial charge in [0, 0.05) is 23.7 Å². The Hall–Kier alpha value is -3.91. The lowest BCUT2D eigenvalue weighted by molar-refractivity contribution is 0.374. The van der Waals surface area contributed by atoms with Crippen LogP contribution in [0.15, 0.2) is 90.2 Å². The molecule has 0 aliphatic carbocycles. The third kappa shape index (κ3) is 4.57. The highest BCUT2D eigenvalue weighted by molar-refractivity contribution is 7.88. The van der Waals surface area contributed by atoms with E-state index in [1.54, 1.807) is 7.11 Å². The summed E-state index contributed by atoms with van der Waals surface area (Å²) in [5.74, 6) is 0.713. The van der Waals surface area contributed by atoms with E-state index in [-0.39, 0.29) is 0 Å². The number of hydrogen-bond donors (Lipinski definition) is 0. The maximum atomic E-state index is 12.7. The summed E-state index contributed by atoms with van der Waals surface area (Å²) in [7, 11) is -1.99. The molecule has 0 saturated heterocycles. The number of nitrogens with zero attached hydrogens (tertiary/aromatic N) is 4. The third-order valence-electron chi connectivity index (χ3n) is 6.08. The van der Waals surface area contributed by atoms with Crippen LogP contribution in [0.4, 0.5) is 0 Å². The first-order valence-corrected chi connectivity index (χ1v) is 13.1. The van der Waals surface area contributed by atoms with Crippen LogP contribution in [0.2, 0.25) is 0 Å². The first kappa shape index (κ1) is 22.9. The second-order valence-corrected chi connectivity index (χ2v) is 10.5. The van der Waals surface area contributed by atoms with Crippen molar-refractivity contribution >= 4 is 15.7 Å². The summed E-state index contributed by atoms with van der Waals surface area (Å²) >= 11 is 0. The van der Waals surface area contributed by atoms with E-state index in [0.717, 1.165) is 33.6 Å². The molecule has 0 fully saturated rings. The summed E-state index contributed by atoms with van der Waals surface area (Å²) in [6, 6.07) is 25.0. The number of hydrogen-bond acceptors (Lipinski definition) is 5. The fourth-order valence-corrected chi connectivity index (χ4v) is 5.16. The molecule has 1 unspecified atom stereocenters. The molecule has 1 aliphatic heterocycles. The van der Waals surface area contributed by atoms with Crippen LogP contribution in [-0.4, -0.2) is 41.7 Å². The van der Waals surface area contributed by atoms with Crippen molar-refractivity contribution < 1.29 is 13.2 Å². The summed E-state index contributed by atoms with van der Waals surface area (Å²) in [6.07, 6.45) is 3.54. The van der Waals surface area contributed by atoms with Crippen LogP contribution in [-0.2, 0) is 10.0 Å². The summed E-state index contributed by atoms with van der Waals surface area (Å²) in [6.45, 7) is 2.04. The Bertz CT molecular complexity index is 1480. The minimum atomic E-state index is -3.60. The molecule has 1 atom stereocenters. The van der Waals surface area contributed by atoms with Gasteiger partial charge in [-0.25, -0.2) is 13.1 Å². The Balaban J connectivity index is 1.61. The van der Waals surface area contributed by atoms with Crippen LogP contribution in [0.3, 0.4) is 0 Å². The summed E-state index contributed by atoms with van der Waals surface area (Å²) in [5.41, 5.74) is 6.10. The van der Waals surface area contributed by atoms with Gasteiger partial charge in [-0.2, -0.15) is 14.6 Å². The highest BCUT2D eigenvalue weighted by Gasteiger charge is 2.36. The quantitative estimate of drug-likeness (QED) is 0.386. The van der Waals surface area contributed by atoms with Crippen LogP contribution in [0.25, 0.3) is 16.9 Å². The van der Waals surface area contributed by atoms with Gasteiger partial charge in [-0.05, 0) is 36.8 Å². The second-order valence-electron chi connectivity index (χ2n) is 8.61. The van der Waals surface area contributed by atoms with Gasteiger partial charge in [0.05, 0.1) is 30.8 Å². The number of sulfonamides is 1. The Kier molecular flexibility index (Phi) is 5.90. The molecule has 3 aromatic carbocycles. The molecular weight excluding hydrogens is 460 g/mol. The SMILES string of the molecule is COc1ccc(C2CC(c3cn(-c4ccccc4)nc3-c3ccc(C)cc3)=NN2S(C)(=O)=O)cc1. The van der Waals surface area contributed by atoms with Gasteiger partial charge in [-0.1, -0.05) is 60.2 Å². The molecular formula is C27H26N4O3S. The molecule has 0 saturated carbocycles. The van der Waals surface area contributed by atoms with Crippen molar-refractivity contribution in [3.63, 3.8) is 0 Å². The van der Waals surface area contributed by atoms with E-state index < -0.39 is 16.1 Å². The molecule has 0 spiro atoms. The maximum absolute atomic E-state index is 12.7. The molecule has 178 valence electrons. The molecule has 8 heteroatoms. The average molecular weight is 487 g/mol. The van der Waals surface area contributed by atoms with E-state index in [9.17, 15) is 8.42 Å². The molecule has 35 heavy (non-hydrogen) atoms. The topological polar surface area (TPSA) is 76.8 Å². The van der Waals surface area contributed by atoms with Crippen molar-refractivity contribution in [1.29, 1.82) is 0 Å². The monoisotopic (exact) mass is 486 g/mol. The van der Waals surface area contributed by atoms with E-state index in [4.69, 9.17) is 9.84 Å². The summed E-state index contributed by atoms with van der Waals surface area (Å²) in [4.78, 5) is 0. The van der Waals surface area contributed by atoms with Gasteiger partial charge >= 0.3 is 0 Å². The van der Waals surface area contributed by atoms with E-state index in [1.807, 2.05) is 96.7 Å². The second kappa shape index (κ2) is 9.03. The van der Waals surface area contributed by atoms with Crippen molar-refractivity contribution in [2.45, 2.75) is 19.4 Å². The molecule has 1 aliphatic rings. The molecule has 0 amide bonds. The first-order chi connectivity index (χ1) is 16.8. The number of rotatable bonds is 6.